The van der Waals surface area contributed by atoms with Crippen molar-refractivity contribution >= 4 is 22.9 Å². The monoisotopic (exact) mass is 392 g/mol. The van der Waals surface area contributed by atoms with Gasteiger partial charge in [-0.05, 0) is 30.2 Å². The SMILES string of the molecule is Cc1ccc(CSc2nc3nccnc3c(=O)n2Cc2ccc(F)cc2)cc1. The third-order valence-corrected chi connectivity index (χ3v) is 5.35. The second-order valence-corrected chi connectivity index (χ2v) is 7.36. The average Bonchev–Trinajstić information content (AvgIpc) is 2.71. The van der Waals surface area contributed by atoms with Gasteiger partial charge in [-0.15, -0.1) is 0 Å². The molecule has 0 saturated carbocycles. The Labute approximate surface area is 165 Å². The standard InChI is InChI=1S/C21H17FN4OS/c1-14-2-4-16(5-3-14)13-28-21-25-19-18(23-10-11-24-19)20(27)26(21)12-15-6-8-17(22)9-7-15/h2-11H,12-13H2,1H3. The summed E-state index contributed by atoms with van der Waals surface area (Å²) in [5.74, 6) is 0.356. The fourth-order valence-corrected chi connectivity index (χ4v) is 3.73. The van der Waals surface area contributed by atoms with Crippen molar-refractivity contribution in [3.63, 3.8) is 0 Å². The topological polar surface area (TPSA) is 60.7 Å². The number of rotatable bonds is 5. The Bertz CT molecular complexity index is 1170. The highest BCUT2D eigenvalue weighted by molar-refractivity contribution is 7.98. The molecule has 4 rings (SSSR count). The largest absolute Gasteiger partial charge is 0.282 e. The van der Waals surface area contributed by atoms with Crippen molar-refractivity contribution in [3.05, 3.63) is 93.8 Å². The molecule has 7 heteroatoms. The zero-order valence-corrected chi connectivity index (χ0v) is 16.0. The number of hydrogen-bond donors (Lipinski definition) is 0. The minimum atomic E-state index is -0.312. The molecular weight excluding hydrogens is 375 g/mol. The van der Waals surface area contributed by atoms with Gasteiger partial charge in [-0.3, -0.25) is 9.36 Å². The molecule has 2 aromatic heterocycles. The van der Waals surface area contributed by atoms with Crippen molar-refractivity contribution in [1.29, 1.82) is 0 Å². The second kappa shape index (κ2) is 7.90. The Balaban J connectivity index is 1.73. The summed E-state index contributed by atoms with van der Waals surface area (Å²) < 4.78 is 14.8. The highest BCUT2D eigenvalue weighted by atomic mass is 32.2. The zero-order chi connectivity index (χ0) is 19.5. The van der Waals surface area contributed by atoms with Gasteiger partial charge in [-0.25, -0.2) is 19.3 Å². The Kier molecular flexibility index (Phi) is 5.16. The molecule has 5 nitrogen and oxygen atoms in total. The smallest absolute Gasteiger partial charge is 0.281 e. The van der Waals surface area contributed by atoms with Gasteiger partial charge in [0.05, 0.1) is 6.54 Å². The van der Waals surface area contributed by atoms with Crippen molar-refractivity contribution in [2.24, 2.45) is 0 Å². The summed E-state index contributed by atoms with van der Waals surface area (Å²) >= 11 is 1.47. The highest BCUT2D eigenvalue weighted by Crippen LogP contribution is 2.22. The number of hydrogen-bond acceptors (Lipinski definition) is 5. The molecule has 28 heavy (non-hydrogen) atoms. The summed E-state index contributed by atoms with van der Waals surface area (Å²) in [6.45, 7) is 2.33. The van der Waals surface area contributed by atoms with Crippen LogP contribution in [0, 0.1) is 12.7 Å². The summed E-state index contributed by atoms with van der Waals surface area (Å²) in [4.78, 5) is 25.9. The Hall–Kier alpha value is -3.06. The van der Waals surface area contributed by atoms with E-state index in [1.807, 2.05) is 6.92 Å². The summed E-state index contributed by atoms with van der Waals surface area (Å²) in [6, 6.07) is 14.3. The summed E-state index contributed by atoms with van der Waals surface area (Å²) in [5, 5.41) is 0.558. The fraction of sp³-hybridized carbons (Fsp3) is 0.143. The fourth-order valence-electron chi connectivity index (χ4n) is 2.78. The predicted octanol–water partition coefficient (Wildman–Crippen LogP) is 3.97. The van der Waals surface area contributed by atoms with Crippen LogP contribution >= 0.6 is 11.8 Å². The lowest BCUT2D eigenvalue weighted by molar-refractivity contribution is 0.622. The van der Waals surface area contributed by atoms with Gasteiger partial charge in [0, 0.05) is 18.1 Å². The first-order valence-corrected chi connectivity index (χ1v) is 9.73. The van der Waals surface area contributed by atoms with E-state index in [-0.39, 0.29) is 23.4 Å². The van der Waals surface area contributed by atoms with Crippen molar-refractivity contribution in [1.82, 2.24) is 19.5 Å². The van der Waals surface area contributed by atoms with E-state index in [4.69, 9.17) is 0 Å². The van der Waals surface area contributed by atoms with E-state index in [0.717, 1.165) is 11.1 Å². The minimum Gasteiger partial charge on any atom is -0.281 e. The molecular formula is C21H17FN4OS. The van der Waals surface area contributed by atoms with Crippen LogP contribution < -0.4 is 5.56 Å². The minimum absolute atomic E-state index is 0.226. The third-order valence-electron chi connectivity index (χ3n) is 4.30. The molecule has 0 aliphatic rings. The van der Waals surface area contributed by atoms with Gasteiger partial charge in [0.1, 0.15) is 5.82 Å². The molecule has 0 fully saturated rings. The lowest BCUT2D eigenvalue weighted by atomic mass is 10.2. The van der Waals surface area contributed by atoms with Crippen molar-refractivity contribution in [2.45, 2.75) is 24.4 Å². The van der Waals surface area contributed by atoms with E-state index in [1.165, 1.54) is 41.9 Å². The van der Waals surface area contributed by atoms with Gasteiger partial charge in [0.15, 0.2) is 16.3 Å². The van der Waals surface area contributed by atoms with Crippen LogP contribution in [0.3, 0.4) is 0 Å². The van der Waals surface area contributed by atoms with E-state index in [2.05, 4.69) is 39.2 Å². The first kappa shape index (κ1) is 18.3. The van der Waals surface area contributed by atoms with Crippen LogP contribution in [0.5, 0.6) is 0 Å². The van der Waals surface area contributed by atoms with E-state index in [0.29, 0.717) is 16.6 Å². The van der Waals surface area contributed by atoms with Crippen molar-refractivity contribution in [3.8, 4) is 0 Å². The maximum atomic E-state index is 13.2. The predicted molar refractivity (Wildman–Crippen MR) is 108 cm³/mol. The lowest BCUT2D eigenvalue weighted by Gasteiger charge is -2.12. The van der Waals surface area contributed by atoms with E-state index >= 15 is 0 Å². The van der Waals surface area contributed by atoms with E-state index < -0.39 is 0 Å². The van der Waals surface area contributed by atoms with Gasteiger partial charge in [-0.2, -0.15) is 0 Å². The Morgan fingerprint density at radius 3 is 2.39 bits per heavy atom. The third kappa shape index (κ3) is 3.94. The number of halogens is 1. The molecule has 0 saturated heterocycles. The summed E-state index contributed by atoms with van der Waals surface area (Å²) in [5.41, 5.74) is 3.44. The van der Waals surface area contributed by atoms with Crippen LogP contribution in [0.15, 0.2) is 70.9 Å². The number of aryl methyl sites for hydroxylation is 1. The summed E-state index contributed by atoms with van der Waals surface area (Å²) in [6.07, 6.45) is 3.00. The second-order valence-electron chi connectivity index (χ2n) is 6.41. The number of aromatic nitrogens is 4. The first-order valence-electron chi connectivity index (χ1n) is 8.74. The molecule has 0 unspecified atom stereocenters. The lowest BCUT2D eigenvalue weighted by Crippen LogP contribution is -2.25. The number of fused-ring (bicyclic) bond motifs is 1. The Morgan fingerprint density at radius 2 is 1.64 bits per heavy atom. The highest BCUT2D eigenvalue weighted by Gasteiger charge is 2.14. The van der Waals surface area contributed by atoms with Crippen LogP contribution in [0.1, 0.15) is 16.7 Å². The molecule has 2 aromatic carbocycles. The molecule has 0 atom stereocenters. The summed E-state index contributed by atoms with van der Waals surface area (Å²) in [7, 11) is 0. The van der Waals surface area contributed by atoms with Crippen LogP contribution in [0.2, 0.25) is 0 Å². The van der Waals surface area contributed by atoms with Gasteiger partial charge >= 0.3 is 0 Å². The zero-order valence-electron chi connectivity index (χ0n) is 15.2. The van der Waals surface area contributed by atoms with E-state index in [1.54, 1.807) is 16.7 Å². The molecule has 0 aliphatic carbocycles. The molecule has 2 heterocycles. The molecule has 4 aromatic rings. The van der Waals surface area contributed by atoms with E-state index in [9.17, 15) is 9.18 Å². The number of thioether (sulfide) groups is 1. The molecule has 0 bridgehead atoms. The Morgan fingerprint density at radius 1 is 0.964 bits per heavy atom. The quantitative estimate of drug-likeness (QED) is 0.380. The molecule has 0 amide bonds. The maximum absolute atomic E-state index is 13.2. The molecule has 0 aliphatic heterocycles. The number of benzene rings is 2. The first-order chi connectivity index (χ1) is 13.6. The molecule has 0 spiro atoms. The van der Waals surface area contributed by atoms with Crippen LogP contribution in [0.4, 0.5) is 4.39 Å². The van der Waals surface area contributed by atoms with Crippen LogP contribution in [0.25, 0.3) is 11.2 Å². The molecule has 140 valence electrons. The van der Waals surface area contributed by atoms with Crippen LogP contribution in [-0.4, -0.2) is 19.5 Å². The molecule has 0 radical (unpaired) electrons. The van der Waals surface area contributed by atoms with Crippen LogP contribution in [-0.2, 0) is 12.3 Å². The van der Waals surface area contributed by atoms with Gasteiger partial charge in [0.2, 0.25) is 0 Å². The number of nitrogens with zero attached hydrogens (tertiary/aromatic N) is 4. The van der Waals surface area contributed by atoms with Crippen molar-refractivity contribution in [2.75, 3.05) is 0 Å². The maximum Gasteiger partial charge on any atom is 0.282 e. The average molecular weight is 392 g/mol. The van der Waals surface area contributed by atoms with Crippen molar-refractivity contribution < 1.29 is 4.39 Å². The van der Waals surface area contributed by atoms with Gasteiger partial charge in [-0.1, -0.05) is 53.7 Å². The van der Waals surface area contributed by atoms with Gasteiger partial charge in [0.25, 0.3) is 5.56 Å². The normalized spacial score (nSPS) is 11.1. The van der Waals surface area contributed by atoms with Gasteiger partial charge < -0.3 is 0 Å². The molecule has 0 N–H and O–H groups in total.